The van der Waals surface area contributed by atoms with Crippen LogP contribution in [0.1, 0.15) is 102 Å². The minimum absolute atomic E-state index is 0.0288. The molecule has 0 saturated heterocycles. The molecule has 4 aliphatic carbocycles. The molecule has 0 fully saturated rings. The van der Waals surface area contributed by atoms with Crippen LogP contribution < -0.4 is 9.47 Å². The number of aromatic nitrogens is 1. The first-order valence-corrected chi connectivity index (χ1v) is 19.2. The third-order valence-corrected chi connectivity index (χ3v) is 13.7. The van der Waals surface area contributed by atoms with Gasteiger partial charge in [0.1, 0.15) is 28.4 Å². The van der Waals surface area contributed by atoms with E-state index in [0.29, 0.717) is 57.4 Å². The van der Waals surface area contributed by atoms with Crippen molar-refractivity contribution in [3.63, 3.8) is 0 Å². The van der Waals surface area contributed by atoms with Gasteiger partial charge in [0.05, 0.1) is 30.2 Å². The van der Waals surface area contributed by atoms with Crippen LogP contribution in [0.2, 0.25) is 0 Å². The average Bonchev–Trinajstić information content (AvgIpc) is 3.72. The average molecular weight is 724 g/mol. The monoisotopic (exact) mass is 723 g/mol. The number of phenols is 1. The van der Waals surface area contributed by atoms with Crippen molar-refractivity contribution >= 4 is 34.1 Å². The Balaban J connectivity index is 1.37. The van der Waals surface area contributed by atoms with Crippen LogP contribution >= 0.6 is 11.8 Å². The molecule has 2 N–H and O–H groups in total. The van der Waals surface area contributed by atoms with Gasteiger partial charge in [0.25, 0.3) is 0 Å². The minimum atomic E-state index is -2.15. The van der Waals surface area contributed by atoms with Crippen LogP contribution in [0.5, 0.6) is 17.2 Å². The minimum Gasteiger partial charge on any atom is -0.506 e. The Morgan fingerprint density at radius 1 is 1.06 bits per heavy atom. The first-order valence-electron chi connectivity index (χ1n) is 18.2. The molecule has 0 saturated carbocycles. The fourth-order valence-corrected chi connectivity index (χ4v) is 10.7. The van der Waals surface area contributed by atoms with Crippen LogP contribution in [-0.2, 0) is 34.5 Å². The third-order valence-electron chi connectivity index (χ3n) is 12.6. The molecule has 4 aliphatic rings. The number of aliphatic hydroxyl groups is 1. The number of phenolic OH excluding ortho intramolecular Hbond substituents is 1. The van der Waals surface area contributed by atoms with Gasteiger partial charge in [-0.25, -0.2) is 0 Å². The predicted octanol–water partition coefficient (Wildman–Crippen LogP) is 8.23. The van der Waals surface area contributed by atoms with Gasteiger partial charge >= 0.3 is 0 Å². The second-order valence-electron chi connectivity index (χ2n) is 15.1. The van der Waals surface area contributed by atoms with Crippen LogP contribution in [0.4, 0.5) is 0 Å². The lowest BCUT2D eigenvalue weighted by Gasteiger charge is -2.50. The summed E-state index contributed by atoms with van der Waals surface area (Å²) < 4.78 is 24.4. The maximum atomic E-state index is 15.3. The van der Waals surface area contributed by atoms with Crippen molar-refractivity contribution in [1.82, 2.24) is 5.16 Å². The summed E-state index contributed by atoms with van der Waals surface area (Å²) in [6, 6.07) is 11.7. The maximum absolute atomic E-state index is 15.3. The van der Waals surface area contributed by atoms with Gasteiger partial charge < -0.3 is 28.9 Å². The summed E-state index contributed by atoms with van der Waals surface area (Å²) >= 11 is 1.36. The number of methoxy groups -OCH3 is 2. The highest BCUT2D eigenvalue weighted by Crippen LogP contribution is 2.65. The van der Waals surface area contributed by atoms with Gasteiger partial charge in [0.15, 0.2) is 22.4 Å². The number of benzene rings is 3. The van der Waals surface area contributed by atoms with Crippen LogP contribution in [0.15, 0.2) is 57.6 Å². The van der Waals surface area contributed by atoms with Crippen LogP contribution in [0.3, 0.4) is 0 Å². The number of hydrogen-bond acceptors (Lipinski definition) is 10. The zero-order valence-electron chi connectivity index (χ0n) is 30.6. The SMILES string of the molecule is CCCCOc1cc(OC)c2c3c(c4c(c(O)c13)C(=O)[C@]1(C)C(=O)c3c(SCc5ccccc5)noc3C[C@@H]1C4(O)OC)C[C@]21C(C)=CCCC1C. The molecular weight excluding hydrogens is 679 g/mol. The van der Waals surface area contributed by atoms with Crippen molar-refractivity contribution in [3.05, 3.63) is 87.2 Å². The van der Waals surface area contributed by atoms with E-state index in [1.165, 1.54) is 24.4 Å². The summed E-state index contributed by atoms with van der Waals surface area (Å²) in [5, 5.41) is 31.4. The zero-order valence-corrected chi connectivity index (χ0v) is 31.4. The molecule has 272 valence electrons. The summed E-state index contributed by atoms with van der Waals surface area (Å²) in [5.41, 5.74) is 1.84. The number of nitrogens with zero attached hydrogens (tertiary/aromatic N) is 1. The Bertz CT molecular complexity index is 2170. The Labute approximate surface area is 307 Å². The molecule has 0 amide bonds. The van der Waals surface area contributed by atoms with Crippen molar-refractivity contribution in [2.24, 2.45) is 17.3 Å². The maximum Gasteiger partial charge on any atom is 0.197 e. The highest BCUT2D eigenvalue weighted by molar-refractivity contribution is 7.98. The number of carbonyl (C=O) groups is 2. The summed E-state index contributed by atoms with van der Waals surface area (Å²) in [4.78, 5) is 30.1. The van der Waals surface area contributed by atoms with Gasteiger partial charge in [-0.15, -0.1) is 0 Å². The lowest BCUT2D eigenvalue weighted by molar-refractivity contribution is -0.249. The molecule has 2 unspecified atom stereocenters. The number of aromatic hydroxyl groups is 1. The quantitative estimate of drug-likeness (QED) is 0.0573. The number of Topliss-reactive ketones (excluding diaryl/α,β-unsaturated/α-hetero) is 2. The van der Waals surface area contributed by atoms with Crippen molar-refractivity contribution in [3.8, 4) is 17.2 Å². The van der Waals surface area contributed by atoms with E-state index in [4.69, 9.17) is 18.7 Å². The van der Waals surface area contributed by atoms with Crippen molar-refractivity contribution < 1.29 is 38.5 Å². The molecule has 1 spiro atoms. The highest BCUT2D eigenvalue weighted by atomic mass is 32.2. The molecule has 9 nitrogen and oxygen atoms in total. The number of carbonyl (C=O) groups excluding carboxylic acids is 2. The topological polar surface area (TPSA) is 128 Å². The summed E-state index contributed by atoms with van der Waals surface area (Å²) in [5.74, 6) is -2.57. The molecule has 10 heteroatoms. The molecule has 3 aromatic carbocycles. The fourth-order valence-electron chi connectivity index (χ4n) is 9.79. The van der Waals surface area contributed by atoms with Gasteiger partial charge in [-0.1, -0.05) is 79.2 Å². The predicted molar refractivity (Wildman–Crippen MR) is 197 cm³/mol. The fraction of sp³-hybridized carbons (Fsp3) is 0.452. The van der Waals surface area contributed by atoms with Gasteiger partial charge in [-0.05, 0) is 56.6 Å². The molecule has 8 rings (SSSR count). The number of rotatable bonds is 9. The molecule has 1 heterocycles. The lowest BCUT2D eigenvalue weighted by atomic mass is 9.54. The Morgan fingerprint density at radius 2 is 1.81 bits per heavy atom. The van der Waals surface area contributed by atoms with E-state index >= 15 is 4.79 Å². The molecule has 1 aromatic heterocycles. The largest absolute Gasteiger partial charge is 0.506 e. The number of ketones is 2. The summed E-state index contributed by atoms with van der Waals surface area (Å²) in [7, 11) is 3.03. The standard InChI is InChI=1S/C42H45NO8S/c1-7-8-17-50-26-18-28(48-5)35-30-25(20-41(35)22(2)13-12-14-23(41)3)34-33(36(44)31(26)30)38(46)40(4)29(42(34,47)49-6)19-27-32(37(40)45)39(43-51-27)52-21-24-15-10-9-11-16-24/h9-11,13,15-16,18,23,29,44,47H,7-8,12,14,17,19-21H2,1-6H3/t23?,29-,40-,41+,42?/m0/s1. The van der Waals surface area contributed by atoms with Crippen molar-refractivity contribution in [2.75, 3.05) is 20.8 Å². The molecule has 0 radical (unpaired) electrons. The second kappa shape index (κ2) is 12.5. The van der Waals surface area contributed by atoms with Gasteiger partial charge in [0, 0.05) is 53.2 Å². The number of unbranched alkanes of at least 4 members (excludes halogenated alkanes) is 1. The van der Waals surface area contributed by atoms with Gasteiger partial charge in [-0.2, -0.15) is 0 Å². The van der Waals surface area contributed by atoms with E-state index in [9.17, 15) is 15.0 Å². The first kappa shape index (κ1) is 34.9. The number of fused-ring (bicyclic) bond motifs is 5. The second-order valence-corrected chi connectivity index (χ2v) is 16.0. The molecule has 4 aromatic rings. The number of ether oxygens (including phenoxy) is 3. The number of thioether (sulfide) groups is 1. The van der Waals surface area contributed by atoms with Crippen LogP contribution in [0.25, 0.3) is 10.8 Å². The lowest BCUT2D eigenvalue weighted by Crippen LogP contribution is -2.60. The normalized spacial score (nSPS) is 27.4. The van der Waals surface area contributed by atoms with Crippen molar-refractivity contribution in [1.29, 1.82) is 0 Å². The number of hydrogen-bond donors (Lipinski definition) is 2. The van der Waals surface area contributed by atoms with E-state index in [0.717, 1.165) is 36.8 Å². The molecular formula is C42H45NO8S. The summed E-state index contributed by atoms with van der Waals surface area (Å²) in [6.45, 7) is 8.40. The smallest absolute Gasteiger partial charge is 0.197 e. The summed E-state index contributed by atoms with van der Waals surface area (Å²) in [6.07, 6.45) is 6.30. The molecule has 0 bridgehead atoms. The zero-order chi connectivity index (χ0) is 36.7. The van der Waals surface area contributed by atoms with E-state index in [-0.39, 0.29) is 34.8 Å². The first-order chi connectivity index (χ1) is 25.0. The van der Waals surface area contributed by atoms with Gasteiger partial charge in [0.2, 0.25) is 0 Å². The number of allylic oxidation sites excluding steroid dienone is 2. The van der Waals surface area contributed by atoms with E-state index in [2.05, 4.69) is 32.0 Å². The highest BCUT2D eigenvalue weighted by Gasteiger charge is 2.67. The molecule has 0 aliphatic heterocycles. The Hall–Kier alpha value is -4.12. The molecule has 52 heavy (non-hydrogen) atoms. The third kappa shape index (κ3) is 4.53. The van der Waals surface area contributed by atoms with Crippen molar-refractivity contribution in [2.45, 2.75) is 88.2 Å². The van der Waals surface area contributed by atoms with E-state index < -0.39 is 34.1 Å². The van der Waals surface area contributed by atoms with E-state index in [1.54, 1.807) is 14.0 Å². The van der Waals surface area contributed by atoms with Crippen LogP contribution in [0, 0.1) is 17.3 Å². The van der Waals surface area contributed by atoms with E-state index in [1.807, 2.05) is 36.4 Å². The Kier molecular flexibility index (Phi) is 8.39. The Morgan fingerprint density at radius 3 is 2.50 bits per heavy atom. The molecule has 5 atom stereocenters. The van der Waals surface area contributed by atoms with Gasteiger partial charge in [-0.3, -0.25) is 9.59 Å². The van der Waals surface area contributed by atoms with Crippen LogP contribution in [-0.4, -0.2) is 47.8 Å².